The van der Waals surface area contributed by atoms with Crippen molar-refractivity contribution in [3.63, 3.8) is 0 Å². The van der Waals surface area contributed by atoms with E-state index >= 15 is 0 Å². The van der Waals surface area contributed by atoms with Crippen LogP contribution in [0.25, 0.3) is 10.9 Å². The van der Waals surface area contributed by atoms with Crippen molar-refractivity contribution in [3.8, 4) is 0 Å². The molecule has 2 heteroatoms. The first kappa shape index (κ1) is 12.7. The normalized spacial score (nSPS) is 11.4. The lowest BCUT2D eigenvalue weighted by atomic mass is 9.97. The maximum absolute atomic E-state index is 11.2. The van der Waals surface area contributed by atoms with Crippen molar-refractivity contribution < 1.29 is 4.79 Å². The van der Waals surface area contributed by atoms with Gasteiger partial charge in [-0.3, -0.25) is 9.78 Å². The molecule has 0 saturated carbocycles. The summed E-state index contributed by atoms with van der Waals surface area (Å²) >= 11 is 0. The lowest BCUT2D eigenvalue weighted by Crippen LogP contribution is -1.98. The van der Waals surface area contributed by atoms with Gasteiger partial charge in [-0.05, 0) is 35.6 Å². The van der Waals surface area contributed by atoms with E-state index in [1.807, 2.05) is 12.1 Å². The van der Waals surface area contributed by atoms with Crippen LogP contribution in [0.2, 0.25) is 0 Å². The number of aromatic nitrogens is 1. The molecule has 0 radical (unpaired) electrons. The molecule has 1 aromatic heterocycles. The average Bonchev–Trinajstić information content (AvgIpc) is 2.36. The molecule has 2 aromatic rings. The molecule has 0 bridgehead atoms. The third-order valence-electron chi connectivity index (χ3n) is 3.27. The van der Waals surface area contributed by atoms with E-state index in [4.69, 9.17) is 0 Å². The van der Waals surface area contributed by atoms with Crippen LogP contribution < -0.4 is 0 Å². The summed E-state index contributed by atoms with van der Waals surface area (Å²) in [5.41, 5.74) is 3.87. The molecule has 2 rings (SSSR count). The minimum atomic E-state index is 0.331. The second kappa shape index (κ2) is 4.89. The number of rotatable bonds is 3. The zero-order chi connectivity index (χ0) is 13.3. The van der Waals surface area contributed by atoms with Gasteiger partial charge in [0.2, 0.25) is 0 Å². The van der Waals surface area contributed by atoms with Gasteiger partial charge in [0, 0.05) is 16.6 Å². The molecule has 0 aliphatic rings. The molecule has 1 heterocycles. The van der Waals surface area contributed by atoms with Gasteiger partial charge in [-0.1, -0.05) is 33.8 Å². The first-order valence-corrected chi connectivity index (χ1v) is 6.42. The Labute approximate surface area is 108 Å². The van der Waals surface area contributed by atoms with E-state index in [2.05, 4.69) is 44.8 Å². The van der Waals surface area contributed by atoms with Gasteiger partial charge < -0.3 is 0 Å². The van der Waals surface area contributed by atoms with Crippen LogP contribution in [0.15, 0.2) is 24.3 Å². The number of hydrogen-bond acceptors (Lipinski definition) is 2. The molecule has 0 amide bonds. The maximum atomic E-state index is 11.2. The minimum absolute atomic E-state index is 0.331. The molecular weight excluding hydrogens is 222 g/mol. The van der Waals surface area contributed by atoms with Crippen molar-refractivity contribution in [2.24, 2.45) is 0 Å². The predicted molar refractivity (Wildman–Crippen MR) is 75.3 cm³/mol. The lowest BCUT2D eigenvalue weighted by Gasteiger charge is -2.11. The topological polar surface area (TPSA) is 30.0 Å². The summed E-state index contributed by atoms with van der Waals surface area (Å²) in [6.45, 7) is 8.48. The number of aldehydes is 1. The highest BCUT2D eigenvalue weighted by Crippen LogP contribution is 2.25. The molecule has 0 spiro atoms. The van der Waals surface area contributed by atoms with Crippen molar-refractivity contribution in [3.05, 3.63) is 41.1 Å². The molecule has 0 N–H and O–H groups in total. The lowest BCUT2D eigenvalue weighted by molar-refractivity contribution is 0.112. The van der Waals surface area contributed by atoms with E-state index in [9.17, 15) is 4.79 Å². The molecule has 1 aromatic carbocycles. The predicted octanol–water partition coefficient (Wildman–Crippen LogP) is 4.29. The number of hydrogen-bond donors (Lipinski definition) is 0. The van der Waals surface area contributed by atoms with Crippen molar-refractivity contribution in [1.29, 1.82) is 0 Å². The summed E-state index contributed by atoms with van der Waals surface area (Å²) in [7, 11) is 0. The molecule has 0 atom stereocenters. The number of nitrogens with zero attached hydrogens (tertiary/aromatic N) is 1. The van der Waals surface area contributed by atoms with Crippen molar-refractivity contribution in [2.75, 3.05) is 0 Å². The Morgan fingerprint density at radius 3 is 2.33 bits per heavy atom. The Balaban J connectivity index is 2.71. The zero-order valence-corrected chi connectivity index (χ0v) is 11.4. The van der Waals surface area contributed by atoms with Gasteiger partial charge in [0.15, 0.2) is 6.29 Å². The molecule has 0 aliphatic carbocycles. The Bertz CT molecular complexity index is 585. The standard InChI is InChI=1S/C16H19NO/c1-10(2)12-5-6-15-14(7-12)13(9-18)8-16(17-15)11(3)4/h5-11H,1-4H3. The minimum Gasteiger partial charge on any atom is -0.298 e. The van der Waals surface area contributed by atoms with Gasteiger partial charge in [0.05, 0.1) is 5.52 Å². The van der Waals surface area contributed by atoms with Crippen molar-refractivity contribution in [2.45, 2.75) is 39.5 Å². The Hall–Kier alpha value is -1.70. The van der Waals surface area contributed by atoms with Crippen LogP contribution in [0.3, 0.4) is 0 Å². The summed E-state index contributed by atoms with van der Waals surface area (Å²) in [5.74, 6) is 0.788. The first-order valence-electron chi connectivity index (χ1n) is 6.42. The van der Waals surface area contributed by atoms with Gasteiger partial charge in [-0.25, -0.2) is 0 Å². The van der Waals surface area contributed by atoms with E-state index in [0.29, 0.717) is 11.8 Å². The van der Waals surface area contributed by atoms with Crippen molar-refractivity contribution >= 4 is 17.2 Å². The fourth-order valence-electron chi connectivity index (χ4n) is 2.04. The van der Waals surface area contributed by atoms with Crippen molar-refractivity contribution in [1.82, 2.24) is 4.98 Å². The molecule has 0 aliphatic heterocycles. The second-order valence-corrected chi connectivity index (χ2v) is 5.34. The number of pyridine rings is 1. The van der Waals surface area contributed by atoms with E-state index in [1.54, 1.807) is 0 Å². The molecule has 0 unspecified atom stereocenters. The van der Waals surface area contributed by atoms with Crippen LogP contribution in [0, 0.1) is 0 Å². The maximum Gasteiger partial charge on any atom is 0.150 e. The third-order valence-corrected chi connectivity index (χ3v) is 3.27. The summed E-state index contributed by atoms with van der Waals surface area (Å²) < 4.78 is 0. The van der Waals surface area contributed by atoms with Gasteiger partial charge in [-0.2, -0.15) is 0 Å². The summed E-state index contributed by atoms with van der Waals surface area (Å²) in [4.78, 5) is 15.9. The highest BCUT2D eigenvalue weighted by Gasteiger charge is 2.09. The van der Waals surface area contributed by atoms with Crippen LogP contribution in [-0.4, -0.2) is 11.3 Å². The van der Waals surface area contributed by atoms with Crippen LogP contribution in [-0.2, 0) is 0 Å². The van der Waals surface area contributed by atoms with E-state index in [1.165, 1.54) is 5.56 Å². The molecule has 18 heavy (non-hydrogen) atoms. The summed E-state index contributed by atoms with van der Waals surface area (Å²) in [5, 5.41) is 0.959. The number of carbonyl (C=O) groups is 1. The van der Waals surface area contributed by atoms with E-state index in [0.717, 1.165) is 28.4 Å². The third kappa shape index (κ3) is 2.28. The average molecular weight is 241 g/mol. The fraction of sp³-hybridized carbons (Fsp3) is 0.375. The zero-order valence-electron chi connectivity index (χ0n) is 11.4. The van der Waals surface area contributed by atoms with Gasteiger partial charge in [0.1, 0.15) is 0 Å². The number of carbonyl (C=O) groups excluding carboxylic acids is 1. The molecule has 0 fully saturated rings. The summed E-state index contributed by atoms with van der Waals surface area (Å²) in [6, 6.07) is 8.10. The van der Waals surface area contributed by atoms with Crippen LogP contribution in [0.4, 0.5) is 0 Å². The Morgan fingerprint density at radius 2 is 1.78 bits per heavy atom. The van der Waals surface area contributed by atoms with Gasteiger partial charge >= 0.3 is 0 Å². The molecule has 0 saturated heterocycles. The van der Waals surface area contributed by atoms with Gasteiger partial charge in [0.25, 0.3) is 0 Å². The molecular formula is C16H19NO. The van der Waals surface area contributed by atoms with Crippen LogP contribution >= 0.6 is 0 Å². The quantitative estimate of drug-likeness (QED) is 0.750. The summed E-state index contributed by atoms with van der Waals surface area (Å²) in [6.07, 6.45) is 0.931. The fourth-order valence-corrected chi connectivity index (χ4v) is 2.04. The smallest absolute Gasteiger partial charge is 0.150 e. The second-order valence-electron chi connectivity index (χ2n) is 5.34. The van der Waals surface area contributed by atoms with Crippen LogP contribution in [0.5, 0.6) is 0 Å². The Kier molecular flexibility index (Phi) is 3.46. The van der Waals surface area contributed by atoms with Gasteiger partial charge in [-0.15, -0.1) is 0 Å². The largest absolute Gasteiger partial charge is 0.298 e. The van der Waals surface area contributed by atoms with E-state index < -0.39 is 0 Å². The highest BCUT2D eigenvalue weighted by molar-refractivity contribution is 5.96. The number of fused-ring (bicyclic) bond motifs is 1. The highest BCUT2D eigenvalue weighted by atomic mass is 16.1. The van der Waals surface area contributed by atoms with E-state index in [-0.39, 0.29) is 0 Å². The number of benzene rings is 1. The monoisotopic (exact) mass is 241 g/mol. The SMILES string of the molecule is CC(C)c1ccc2nc(C(C)C)cc(C=O)c2c1. The Morgan fingerprint density at radius 1 is 1.06 bits per heavy atom. The molecule has 94 valence electrons. The molecule has 2 nitrogen and oxygen atoms in total. The first-order chi connectivity index (χ1) is 8.52. The van der Waals surface area contributed by atoms with Crippen LogP contribution in [0.1, 0.15) is 61.1 Å².